The van der Waals surface area contributed by atoms with Gasteiger partial charge in [-0.1, -0.05) is 29.8 Å². The maximum absolute atomic E-state index is 13.0. The molecule has 2 aromatic rings. The summed E-state index contributed by atoms with van der Waals surface area (Å²) in [7, 11) is 0. The molecule has 0 heterocycles. The van der Waals surface area contributed by atoms with Crippen molar-refractivity contribution in [2.75, 3.05) is 0 Å². The van der Waals surface area contributed by atoms with E-state index in [0.29, 0.717) is 11.1 Å². The minimum atomic E-state index is -1.04. The highest BCUT2D eigenvalue weighted by atomic mass is 19.1. The molecule has 114 valence electrons. The molecule has 0 aliphatic carbocycles. The number of rotatable bonds is 5. The van der Waals surface area contributed by atoms with Crippen molar-refractivity contribution in [3.8, 4) is 0 Å². The van der Waals surface area contributed by atoms with Crippen molar-refractivity contribution in [1.29, 1.82) is 0 Å². The molecule has 0 radical (unpaired) electrons. The number of halogens is 1. The van der Waals surface area contributed by atoms with Gasteiger partial charge in [0.15, 0.2) is 0 Å². The lowest BCUT2D eigenvalue weighted by molar-refractivity contribution is -0.137. The van der Waals surface area contributed by atoms with E-state index in [-0.39, 0.29) is 12.3 Å². The van der Waals surface area contributed by atoms with Crippen LogP contribution < -0.4 is 5.32 Å². The van der Waals surface area contributed by atoms with E-state index in [2.05, 4.69) is 5.32 Å². The van der Waals surface area contributed by atoms with Crippen molar-refractivity contribution in [1.82, 2.24) is 5.32 Å². The second kappa shape index (κ2) is 6.85. The van der Waals surface area contributed by atoms with Gasteiger partial charge in [-0.15, -0.1) is 0 Å². The Hall–Kier alpha value is -2.69. The lowest BCUT2D eigenvalue weighted by Crippen LogP contribution is -2.30. The van der Waals surface area contributed by atoms with Gasteiger partial charge in [-0.3, -0.25) is 9.59 Å². The molecular weight excluding hydrogens is 285 g/mol. The van der Waals surface area contributed by atoms with Gasteiger partial charge in [-0.05, 0) is 36.8 Å². The van der Waals surface area contributed by atoms with Crippen LogP contribution in [0.25, 0.3) is 0 Å². The Kier molecular flexibility index (Phi) is 4.88. The molecule has 5 heteroatoms. The Morgan fingerprint density at radius 2 is 1.68 bits per heavy atom. The van der Waals surface area contributed by atoms with E-state index in [1.54, 1.807) is 24.3 Å². The molecule has 22 heavy (non-hydrogen) atoms. The minimum Gasteiger partial charge on any atom is -0.481 e. The fourth-order valence-corrected chi connectivity index (χ4v) is 2.07. The average molecular weight is 301 g/mol. The highest BCUT2D eigenvalue weighted by Gasteiger charge is 2.19. The molecule has 1 unspecified atom stereocenters. The summed E-state index contributed by atoms with van der Waals surface area (Å²) in [6.45, 7) is 1.91. The average Bonchev–Trinajstić information content (AvgIpc) is 2.47. The van der Waals surface area contributed by atoms with Crippen LogP contribution in [0, 0.1) is 12.7 Å². The molecule has 4 nitrogen and oxygen atoms in total. The number of hydrogen-bond acceptors (Lipinski definition) is 2. The summed E-state index contributed by atoms with van der Waals surface area (Å²) >= 11 is 0. The Morgan fingerprint density at radius 1 is 1.09 bits per heavy atom. The smallest absolute Gasteiger partial charge is 0.305 e. The first-order valence-corrected chi connectivity index (χ1v) is 6.80. The number of carbonyl (C=O) groups excluding carboxylic acids is 1. The maximum Gasteiger partial charge on any atom is 0.305 e. The Morgan fingerprint density at radius 3 is 2.23 bits per heavy atom. The lowest BCUT2D eigenvalue weighted by Gasteiger charge is -2.17. The topological polar surface area (TPSA) is 66.4 Å². The summed E-state index contributed by atoms with van der Waals surface area (Å²) in [6.07, 6.45) is -0.275. The molecule has 2 rings (SSSR count). The largest absolute Gasteiger partial charge is 0.481 e. The predicted molar refractivity (Wildman–Crippen MR) is 80.0 cm³/mol. The third-order valence-electron chi connectivity index (χ3n) is 3.27. The van der Waals surface area contributed by atoms with Gasteiger partial charge in [0.2, 0.25) is 0 Å². The van der Waals surface area contributed by atoms with Gasteiger partial charge < -0.3 is 10.4 Å². The number of aryl methyl sites for hydroxylation is 1. The first-order chi connectivity index (χ1) is 10.5. The Bertz CT molecular complexity index is 665. The Balaban J connectivity index is 2.19. The SMILES string of the molecule is Cc1ccc(C(=O)NC(CC(=O)O)c2ccc(F)cc2)cc1. The summed E-state index contributed by atoms with van der Waals surface area (Å²) in [6, 6.07) is 11.7. The van der Waals surface area contributed by atoms with E-state index in [4.69, 9.17) is 5.11 Å². The molecular formula is C17H16FNO3. The first-order valence-electron chi connectivity index (χ1n) is 6.80. The molecule has 2 N–H and O–H groups in total. The predicted octanol–water partition coefficient (Wildman–Crippen LogP) is 3.08. The zero-order chi connectivity index (χ0) is 16.1. The lowest BCUT2D eigenvalue weighted by atomic mass is 10.0. The number of carbonyl (C=O) groups is 2. The molecule has 1 atom stereocenters. The van der Waals surface area contributed by atoms with Gasteiger partial charge in [0.25, 0.3) is 5.91 Å². The molecule has 0 aliphatic rings. The van der Waals surface area contributed by atoms with Gasteiger partial charge in [-0.2, -0.15) is 0 Å². The van der Waals surface area contributed by atoms with Crippen LogP contribution in [0.5, 0.6) is 0 Å². The van der Waals surface area contributed by atoms with E-state index in [9.17, 15) is 14.0 Å². The first kappa shape index (κ1) is 15.7. The number of amides is 1. The molecule has 0 bridgehead atoms. The number of carboxylic acid groups (broad SMARTS) is 1. The van der Waals surface area contributed by atoms with Gasteiger partial charge in [0, 0.05) is 5.56 Å². The molecule has 0 fully saturated rings. The zero-order valence-electron chi connectivity index (χ0n) is 12.0. The summed E-state index contributed by atoms with van der Waals surface area (Å²) in [5.41, 5.74) is 2.02. The van der Waals surface area contributed by atoms with Crippen LogP contribution in [0.4, 0.5) is 4.39 Å². The van der Waals surface area contributed by atoms with Crippen molar-refractivity contribution in [2.24, 2.45) is 0 Å². The molecule has 2 aromatic carbocycles. The van der Waals surface area contributed by atoms with Gasteiger partial charge in [-0.25, -0.2) is 4.39 Å². The fraction of sp³-hybridized carbons (Fsp3) is 0.176. The van der Waals surface area contributed by atoms with E-state index in [0.717, 1.165) is 5.56 Å². The highest BCUT2D eigenvalue weighted by molar-refractivity contribution is 5.94. The second-order valence-electron chi connectivity index (χ2n) is 5.04. The monoisotopic (exact) mass is 301 g/mol. The maximum atomic E-state index is 13.0. The summed E-state index contributed by atoms with van der Waals surface area (Å²) < 4.78 is 13.0. The van der Waals surface area contributed by atoms with Crippen LogP contribution in [0.3, 0.4) is 0 Å². The van der Waals surface area contributed by atoms with Gasteiger partial charge >= 0.3 is 5.97 Å². The summed E-state index contributed by atoms with van der Waals surface area (Å²) in [4.78, 5) is 23.2. The van der Waals surface area contributed by atoms with Gasteiger partial charge in [0.05, 0.1) is 12.5 Å². The van der Waals surface area contributed by atoms with Crippen molar-refractivity contribution >= 4 is 11.9 Å². The quantitative estimate of drug-likeness (QED) is 0.892. The third-order valence-corrected chi connectivity index (χ3v) is 3.27. The van der Waals surface area contributed by atoms with E-state index in [1.807, 2.05) is 6.92 Å². The van der Waals surface area contributed by atoms with Crippen LogP contribution in [0.15, 0.2) is 48.5 Å². The Labute approximate surface area is 127 Å². The number of carboxylic acids is 1. The number of benzene rings is 2. The van der Waals surface area contributed by atoms with Crippen molar-refractivity contribution in [2.45, 2.75) is 19.4 Å². The number of aliphatic carboxylic acids is 1. The number of nitrogens with one attached hydrogen (secondary N) is 1. The third kappa shape index (κ3) is 4.15. The normalized spacial score (nSPS) is 11.7. The van der Waals surface area contributed by atoms with E-state index >= 15 is 0 Å². The fourth-order valence-electron chi connectivity index (χ4n) is 2.07. The van der Waals surface area contributed by atoms with Crippen LogP contribution in [-0.2, 0) is 4.79 Å². The van der Waals surface area contributed by atoms with Crippen molar-refractivity contribution < 1.29 is 19.1 Å². The zero-order valence-corrected chi connectivity index (χ0v) is 12.0. The van der Waals surface area contributed by atoms with E-state index < -0.39 is 17.8 Å². The van der Waals surface area contributed by atoms with Crippen LogP contribution in [0.2, 0.25) is 0 Å². The molecule has 0 aromatic heterocycles. The molecule has 0 saturated carbocycles. The van der Waals surface area contributed by atoms with Gasteiger partial charge in [0.1, 0.15) is 5.82 Å². The van der Waals surface area contributed by atoms with Crippen LogP contribution >= 0.6 is 0 Å². The molecule has 0 aliphatic heterocycles. The van der Waals surface area contributed by atoms with Crippen molar-refractivity contribution in [3.05, 3.63) is 71.0 Å². The summed E-state index contributed by atoms with van der Waals surface area (Å²) in [5.74, 6) is -1.82. The molecule has 0 spiro atoms. The molecule has 1 amide bonds. The van der Waals surface area contributed by atoms with Crippen LogP contribution in [-0.4, -0.2) is 17.0 Å². The molecule has 0 saturated heterocycles. The standard InChI is InChI=1S/C17H16FNO3/c1-11-2-4-13(5-3-11)17(22)19-15(10-16(20)21)12-6-8-14(18)9-7-12/h2-9,15H,10H2,1H3,(H,19,22)(H,20,21). The van der Waals surface area contributed by atoms with Crippen LogP contribution in [0.1, 0.15) is 33.9 Å². The summed E-state index contributed by atoms with van der Waals surface area (Å²) in [5, 5.41) is 11.7. The van der Waals surface area contributed by atoms with E-state index in [1.165, 1.54) is 24.3 Å². The van der Waals surface area contributed by atoms with Crippen molar-refractivity contribution in [3.63, 3.8) is 0 Å². The second-order valence-corrected chi connectivity index (χ2v) is 5.04. The highest BCUT2D eigenvalue weighted by Crippen LogP contribution is 2.18. The minimum absolute atomic E-state index is 0.275. The number of hydrogen-bond donors (Lipinski definition) is 2.